The highest BCUT2D eigenvalue weighted by molar-refractivity contribution is 4.77. The zero-order valence-corrected chi connectivity index (χ0v) is 12.1. The summed E-state index contributed by atoms with van der Waals surface area (Å²) in [6, 6.07) is 0.471. The predicted molar refractivity (Wildman–Crippen MR) is 73.0 cm³/mol. The molecule has 2 atom stereocenters. The van der Waals surface area contributed by atoms with Gasteiger partial charge in [-0.3, -0.25) is 11.3 Å². The van der Waals surface area contributed by atoms with Crippen LogP contribution in [0.15, 0.2) is 0 Å². The Hall–Kier alpha value is -0.0800. The van der Waals surface area contributed by atoms with Crippen LogP contribution in [0.4, 0.5) is 0 Å². The van der Waals surface area contributed by atoms with Crippen LogP contribution in [-0.2, 0) is 0 Å². The van der Waals surface area contributed by atoms with Crippen molar-refractivity contribution in [2.24, 2.45) is 23.1 Å². The molecule has 98 valence electrons. The van der Waals surface area contributed by atoms with Crippen molar-refractivity contribution in [3.05, 3.63) is 0 Å². The maximum Gasteiger partial charge on any atom is 0.0215 e. The molecule has 0 radical (unpaired) electrons. The van der Waals surface area contributed by atoms with Crippen molar-refractivity contribution in [3.63, 3.8) is 0 Å². The van der Waals surface area contributed by atoms with E-state index < -0.39 is 0 Å². The van der Waals surface area contributed by atoms with Gasteiger partial charge < -0.3 is 0 Å². The van der Waals surface area contributed by atoms with E-state index >= 15 is 0 Å². The highest BCUT2D eigenvalue weighted by Gasteiger charge is 2.24. The molecule has 0 aliphatic carbocycles. The second-order valence-corrected chi connectivity index (χ2v) is 6.28. The molecular weight excluding hydrogens is 196 g/mol. The zero-order valence-electron chi connectivity index (χ0n) is 12.1. The van der Waals surface area contributed by atoms with E-state index in [1.54, 1.807) is 0 Å². The predicted octanol–water partition coefficient (Wildman–Crippen LogP) is 3.72. The van der Waals surface area contributed by atoms with Crippen molar-refractivity contribution in [2.45, 2.75) is 73.3 Å². The van der Waals surface area contributed by atoms with Gasteiger partial charge in [0, 0.05) is 6.04 Å². The van der Waals surface area contributed by atoms with Crippen LogP contribution in [0.25, 0.3) is 0 Å². The van der Waals surface area contributed by atoms with Crippen molar-refractivity contribution in [1.29, 1.82) is 0 Å². The van der Waals surface area contributed by atoms with Crippen LogP contribution in [-0.4, -0.2) is 6.04 Å². The molecular formula is C14H32N2. The molecule has 0 saturated carbocycles. The summed E-state index contributed by atoms with van der Waals surface area (Å²) in [7, 11) is 0. The molecule has 0 aromatic carbocycles. The molecule has 2 nitrogen and oxygen atoms in total. The number of hydrogen-bond acceptors (Lipinski definition) is 2. The van der Waals surface area contributed by atoms with Gasteiger partial charge in [0.2, 0.25) is 0 Å². The Morgan fingerprint density at radius 2 is 1.56 bits per heavy atom. The van der Waals surface area contributed by atoms with Gasteiger partial charge in [-0.25, -0.2) is 0 Å². The summed E-state index contributed by atoms with van der Waals surface area (Å²) in [5.74, 6) is 7.18. The quantitative estimate of drug-likeness (QED) is 0.515. The van der Waals surface area contributed by atoms with Crippen LogP contribution >= 0.6 is 0 Å². The number of rotatable bonds is 7. The number of hydrogen-bond donors (Lipinski definition) is 2. The lowest BCUT2D eigenvalue weighted by Crippen LogP contribution is -2.39. The molecule has 0 rings (SSSR count). The first kappa shape index (κ1) is 15.9. The van der Waals surface area contributed by atoms with Crippen LogP contribution in [0.2, 0.25) is 0 Å². The van der Waals surface area contributed by atoms with Gasteiger partial charge in [-0.2, -0.15) is 0 Å². The van der Waals surface area contributed by atoms with E-state index in [-0.39, 0.29) is 0 Å². The summed E-state index contributed by atoms with van der Waals surface area (Å²) in [6.45, 7) is 13.8. The fourth-order valence-electron chi connectivity index (χ4n) is 2.04. The molecule has 0 heterocycles. The number of nitrogens with one attached hydrogen (secondary N) is 1. The molecule has 2 heteroatoms. The van der Waals surface area contributed by atoms with Crippen molar-refractivity contribution in [1.82, 2.24) is 5.43 Å². The molecule has 0 aliphatic rings. The summed E-state index contributed by atoms with van der Waals surface area (Å²) >= 11 is 0. The van der Waals surface area contributed by atoms with Crippen LogP contribution in [0, 0.1) is 17.3 Å². The minimum Gasteiger partial charge on any atom is -0.271 e. The van der Waals surface area contributed by atoms with Gasteiger partial charge in [0.05, 0.1) is 0 Å². The monoisotopic (exact) mass is 228 g/mol. The van der Waals surface area contributed by atoms with Crippen LogP contribution < -0.4 is 11.3 Å². The molecule has 0 amide bonds. The van der Waals surface area contributed by atoms with Crippen LogP contribution in [0.5, 0.6) is 0 Å². The van der Waals surface area contributed by atoms with E-state index in [0.717, 1.165) is 5.92 Å². The van der Waals surface area contributed by atoms with Crippen molar-refractivity contribution in [3.8, 4) is 0 Å². The Kier molecular flexibility index (Phi) is 7.25. The summed E-state index contributed by atoms with van der Waals surface area (Å²) < 4.78 is 0. The Labute approximate surface area is 102 Å². The molecule has 0 fully saturated rings. The fourth-order valence-corrected chi connectivity index (χ4v) is 2.04. The van der Waals surface area contributed by atoms with E-state index in [4.69, 9.17) is 5.84 Å². The molecule has 0 spiro atoms. The lowest BCUT2D eigenvalue weighted by Gasteiger charge is -2.31. The largest absolute Gasteiger partial charge is 0.271 e. The first-order chi connectivity index (χ1) is 7.35. The smallest absolute Gasteiger partial charge is 0.0215 e. The van der Waals surface area contributed by atoms with Gasteiger partial charge in [0.25, 0.3) is 0 Å². The standard InChI is InChI=1S/C14H32N2/c1-7-12(8-2)10-13(16-15)9-11(3)14(4,5)6/h11-13,16H,7-10,15H2,1-6H3. The first-order valence-electron chi connectivity index (χ1n) is 6.81. The zero-order chi connectivity index (χ0) is 12.8. The van der Waals surface area contributed by atoms with Gasteiger partial charge in [-0.15, -0.1) is 0 Å². The van der Waals surface area contributed by atoms with Gasteiger partial charge in [0.1, 0.15) is 0 Å². The van der Waals surface area contributed by atoms with Crippen LogP contribution in [0.1, 0.15) is 67.2 Å². The minimum atomic E-state index is 0.378. The van der Waals surface area contributed by atoms with E-state index in [0.29, 0.717) is 17.4 Å². The normalized spacial score (nSPS) is 16.5. The Morgan fingerprint density at radius 3 is 1.88 bits per heavy atom. The molecule has 2 unspecified atom stereocenters. The summed E-state index contributed by atoms with van der Waals surface area (Å²) in [6.07, 6.45) is 4.91. The van der Waals surface area contributed by atoms with E-state index in [2.05, 4.69) is 47.0 Å². The van der Waals surface area contributed by atoms with Gasteiger partial charge in [-0.1, -0.05) is 54.4 Å². The SMILES string of the molecule is CCC(CC)CC(CC(C)C(C)(C)C)NN. The topological polar surface area (TPSA) is 38.0 Å². The Balaban J connectivity index is 4.19. The second kappa shape index (κ2) is 7.29. The summed E-state index contributed by atoms with van der Waals surface area (Å²) in [5.41, 5.74) is 3.38. The average molecular weight is 228 g/mol. The molecule has 0 bridgehead atoms. The van der Waals surface area contributed by atoms with E-state index in [1.807, 2.05) is 0 Å². The van der Waals surface area contributed by atoms with E-state index in [1.165, 1.54) is 25.7 Å². The summed E-state index contributed by atoms with van der Waals surface area (Å²) in [4.78, 5) is 0. The fraction of sp³-hybridized carbons (Fsp3) is 1.00. The van der Waals surface area contributed by atoms with Crippen molar-refractivity contribution < 1.29 is 0 Å². The molecule has 0 aliphatic heterocycles. The van der Waals surface area contributed by atoms with Crippen molar-refractivity contribution in [2.75, 3.05) is 0 Å². The van der Waals surface area contributed by atoms with E-state index in [9.17, 15) is 0 Å². The molecule has 16 heavy (non-hydrogen) atoms. The highest BCUT2D eigenvalue weighted by atomic mass is 15.2. The third-order valence-electron chi connectivity index (χ3n) is 4.12. The van der Waals surface area contributed by atoms with Crippen LogP contribution in [0.3, 0.4) is 0 Å². The lowest BCUT2D eigenvalue weighted by molar-refractivity contribution is 0.208. The number of nitrogens with two attached hydrogens (primary N) is 1. The maximum atomic E-state index is 5.67. The first-order valence-corrected chi connectivity index (χ1v) is 6.81. The summed E-state index contributed by atoms with van der Waals surface area (Å²) in [5, 5.41) is 0. The van der Waals surface area contributed by atoms with Gasteiger partial charge in [0.15, 0.2) is 0 Å². The van der Waals surface area contributed by atoms with Gasteiger partial charge >= 0.3 is 0 Å². The second-order valence-electron chi connectivity index (χ2n) is 6.28. The number of hydrazine groups is 1. The minimum absolute atomic E-state index is 0.378. The third kappa shape index (κ3) is 5.86. The van der Waals surface area contributed by atoms with Gasteiger partial charge in [-0.05, 0) is 30.1 Å². The molecule has 3 N–H and O–H groups in total. The molecule has 0 aromatic heterocycles. The Bertz CT molecular complexity index is 168. The highest BCUT2D eigenvalue weighted by Crippen LogP contribution is 2.30. The molecule has 0 aromatic rings. The van der Waals surface area contributed by atoms with Crippen molar-refractivity contribution >= 4 is 0 Å². The lowest BCUT2D eigenvalue weighted by atomic mass is 9.77. The Morgan fingerprint density at radius 1 is 1.06 bits per heavy atom. The molecule has 0 saturated heterocycles. The third-order valence-corrected chi connectivity index (χ3v) is 4.12. The average Bonchev–Trinajstić information content (AvgIpc) is 2.22. The maximum absolute atomic E-state index is 5.67.